The van der Waals surface area contributed by atoms with Crippen LogP contribution in [0.5, 0.6) is 0 Å². The zero-order valence-corrected chi connectivity index (χ0v) is 24.6. The van der Waals surface area contributed by atoms with E-state index < -0.39 is 48.2 Å². The molecule has 0 bridgehead atoms. The number of aryl methyl sites for hydroxylation is 2. The predicted molar refractivity (Wildman–Crippen MR) is 149 cm³/mol. The zero-order chi connectivity index (χ0) is 29.6. The van der Waals surface area contributed by atoms with Gasteiger partial charge >= 0.3 is 12.1 Å². The molecule has 0 heterocycles. The second-order valence-electron chi connectivity index (χ2n) is 10.8. The van der Waals surface area contributed by atoms with Gasteiger partial charge in [-0.2, -0.15) is 0 Å². The van der Waals surface area contributed by atoms with Crippen LogP contribution in [0, 0.1) is 13.8 Å². The molecule has 10 heteroatoms. The molecule has 2 unspecified atom stereocenters. The molecule has 0 fully saturated rings. The average molecular weight is 550 g/mol. The van der Waals surface area contributed by atoms with Gasteiger partial charge in [-0.3, -0.25) is 14.4 Å². The fraction of sp³-hybridized carbons (Fsp3) is 0.655. The minimum absolute atomic E-state index is 0.209. The van der Waals surface area contributed by atoms with E-state index >= 15 is 0 Å². The number of ether oxygens (including phenoxy) is 2. The SMILES string of the molecule is CCCCCCCCN(C(=O)C(CO)NC(=O)OC(C)(C)C)C(C(=O)NCC(=O)OC)c1cc(C)cc(C)c1. The van der Waals surface area contributed by atoms with Crippen molar-refractivity contribution in [1.29, 1.82) is 0 Å². The highest BCUT2D eigenvalue weighted by molar-refractivity contribution is 5.93. The quantitative estimate of drug-likeness (QED) is 0.224. The van der Waals surface area contributed by atoms with Gasteiger partial charge in [0, 0.05) is 6.54 Å². The number of carbonyl (C=O) groups excluding carboxylic acids is 4. The first kappa shape index (κ1) is 33.9. The van der Waals surface area contributed by atoms with Crippen LogP contribution in [0.15, 0.2) is 18.2 Å². The number of amides is 3. The van der Waals surface area contributed by atoms with E-state index in [4.69, 9.17) is 4.74 Å². The number of hydrogen-bond donors (Lipinski definition) is 3. The van der Waals surface area contributed by atoms with Gasteiger partial charge in [-0.25, -0.2) is 4.79 Å². The van der Waals surface area contributed by atoms with Crippen LogP contribution in [-0.2, 0) is 23.9 Å². The fourth-order valence-corrected chi connectivity index (χ4v) is 4.23. The Morgan fingerprint density at radius 2 is 1.56 bits per heavy atom. The van der Waals surface area contributed by atoms with Crippen molar-refractivity contribution in [2.75, 3.05) is 26.8 Å². The Kier molecular flexibility index (Phi) is 14.5. The standard InChI is InChI=1S/C29H47N3O7/c1-8-9-10-11-12-13-14-32(27(36)23(19-33)31-28(37)39-29(4,5)6)25(26(35)30-18-24(34)38-7)22-16-20(2)15-21(3)17-22/h15-17,23,25,33H,8-14,18-19H2,1-7H3,(H,30,35)(H,31,37). The maximum Gasteiger partial charge on any atom is 0.408 e. The van der Waals surface area contributed by atoms with Crippen molar-refractivity contribution in [2.45, 2.75) is 97.8 Å². The summed E-state index contributed by atoms with van der Waals surface area (Å²) in [4.78, 5) is 53.0. The Bertz CT molecular complexity index is 938. The average Bonchev–Trinajstić information content (AvgIpc) is 2.84. The van der Waals surface area contributed by atoms with E-state index in [-0.39, 0.29) is 13.1 Å². The summed E-state index contributed by atoms with van der Waals surface area (Å²) < 4.78 is 9.93. The maximum absolute atomic E-state index is 13.8. The monoisotopic (exact) mass is 549 g/mol. The summed E-state index contributed by atoms with van der Waals surface area (Å²) in [6.07, 6.45) is 4.89. The van der Waals surface area contributed by atoms with Gasteiger partial charge in [-0.15, -0.1) is 0 Å². The number of nitrogens with one attached hydrogen (secondary N) is 2. The van der Waals surface area contributed by atoms with Crippen molar-refractivity contribution in [2.24, 2.45) is 0 Å². The largest absolute Gasteiger partial charge is 0.468 e. The summed E-state index contributed by atoms with van der Waals surface area (Å²) in [7, 11) is 1.22. The molecule has 0 saturated carbocycles. The van der Waals surface area contributed by atoms with Gasteiger partial charge in [-0.1, -0.05) is 68.4 Å². The summed E-state index contributed by atoms with van der Waals surface area (Å²) in [6.45, 7) is 10.1. The Morgan fingerprint density at radius 3 is 2.10 bits per heavy atom. The molecule has 1 aromatic carbocycles. The van der Waals surface area contributed by atoms with Gasteiger partial charge < -0.3 is 30.1 Å². The van der Waals surface area contributed by atoms with Crippen molar-refractivity contribution in [3.63, 3.8) is 0 Å². The van der Waals surface area contributed by atoms with Crippen molar-refractivity contribution < 1.29 is 33.8 Å². The molecule has 10 nitrogen and oxygen atoms in total. The van der Waals surface area contributed by atoms with Gasteiger partial charge in [0.25, 0.3) is 0 Å². The number of methoxy groups -OCH3 is 1. The van der Waals surface area contributed by atoms with Crippen LogP contribution in [0.4, 0.5) is 4.79 Å². The lowest BCUT2D eigenvalue weighted by Gasteiger charge is -2.34. The molecule has 0 saturated heterocycles. The first-order valence-electron chi connectivity index (χ1n) is 13.7. The second kappa shape index (κ2) is 16.7. The third-order valence-corrected chi connectivity index (χ3v) is 5.96. The highest BCUT2D eigenvalue weighted by Crippen LogP contribution is 2.26. The first-order chi connectivity index (χ1) is 18.3. The summed E-state index contributed by atoms with van der Waals surface area (Å²) in [5.74, 6) is -1.83. The number of nitrogens with zero attached hydrogens (tertiary/aromatic N) is 1. The number of rotatable bonds is 15. The highest BCUT2D eigenvalue weighted by Gasteiger charge is 2.36. The third-order valence-electron chi connectivity index (χ3n) is 5.96. The van der Waals surface area contributed by atoms with Gasteiger partial charge in [0.05, 0.1) is 13.7 Å². The number of alkyl carbamates (subject to hydrolysis) is 1. The number of aliphatic hydroxyl groups excluding tert-OH is 1. The molecule has 2 atom stereocenters. The Morgan fingerprint density at radius 1 is 0.974 bits per heavy atom. The molecular formula is C29H47N3O7. The Hall–Kier alpha value is -3.14. The van der Waals surface area contributed by atoms with Crippen LogP contribution in [0.25, 0.3) is 0 Å². The highest BCUT2D eigenvalue weighted by atomic mass is 16.6. The lowest BCUT2D eigenvalue weighted by molar-refractivity contribution is -0.145. The number of unbranched alkanes of at least 4 members (excludes halogenated alkanes) is 5. The molecule has 0 aliphatic rings. The molecule has 0 spiro atoms. The van der Waals surface area contributed by atoms with E-state index in [0.29, 0.717) is 12.0 Å². The number of benzene rings is 1. The van der Waals surface area contributed by atoms with Crippen molar-refractivity contribution in [3.8, 4) is 0 Å². The fourth-order valence-electron chi connectivity index (χ4n) is 4.23. The number of carbonyl (C=O) groups is 4. The van der Waals surface area contributed by atoms with E-state index in [0.717, 1.165) is 43.2 Å². The van der Waals surface area contributed by atoms with E-state index in [1.165, 1.54) is 12.0 Å². The van der Waals surface area contributed by atoms with Crippen LogP contribution in [0.2, 0.25) is 0 Å². The molecule has 1 rings (SSSR count). The summed E-state index contributed by atoms with van der Waals surface area (Å²) in [6, 6.07) is 3.14. The molecule has 0 radical (unpaired) electrons. The van der Waals surface area contributed by atoms with Crippen LogP contribution in [-0.4, -0.2) is 72.3 Å². The molecule has 0 aromatic heterocycles. The van der Waals surface area contributed by atoms with Crippen LogP contribution < -0.4 is 10.6 Å². The Labute approximate surface area is 232 Å². The van der Waals surface area contributed by atoms with Gasteiger partial charge in [0.15, 0.2) is 0 Å². The third kappa shape index (κ3) is 12.5. The predicted octanol–water partition coefficient (Wildman–Crippen LogP) is 3.71. The summed E-state index contributed by atoms with van der Waals surface area (Å²) in [5.41, 5.74) is 1.55. The normalized spacial score (nSPS) is 12.7. The van der Waals surface area contributed by atoms with E-state index in [1.54, 1.807) is 20.8 Å². The lowest BCUT2D eigenvalue weighted by atomic mass is 9.98. The van der Waals surface area contributed by atoms with E-state index in [1.807, 2.05) is 32.0 Å². The van der Waals surface area contributed by atoms with E-state index in [2.05, 4.69) is 22.3 Å². The molecule has 0 aliphatic carbocycles. The minimum atomic E-state index is -1.33. The molecule has 39 heavy (non-hydrogen) atoms. The summed E-state index contributed by atoms with van der Waals surface area (Å²) >= 11 is 0. The number of esters is 1. The lowest BCUT2D eigenvalue weighted by Crippen LogP contribution is -2.54. The van der Waals surface area contributed by atoms with Crippen LogP contribution in [0.1, 0.15) is 89.0 Å². The van der Waals surface area contributed by atoms with E-state index in [9.17, 15) is 24.3 Å². The van der Waals surface area contributed by atoms with Crippen LogP contribution in [0.3, 0.4) is 0 Å². The van der Waals surface area contributed by atoms with Crippen LogP contribution >= 0.6 is 0 Å². The topological polar surface area (TPSA) is 134 Å². The molecule has 3 N–H and O–H groups in total. The molecule has 0 aliphatic heterocycles. The smallest absolute Gasteiger partial charge is 0.408 e. The number of hydrogen-bond acceptors (Lipinski definition) is 7. The van der Waals surface area contributed by atoms with Crippen molar-refractivity contribution in [1.82, 2.24) is 15.5 Å². The summed E-state index contributed by atoms with van der Waals surface area (Å²) in [5, 5.41) is 15.1. The molecule has 3 amide bonds. The molecular weight excluding hydrogens is 502 g/mol. The zero-order valence-electron chi connectivity index (χ0n) is 24.6. The van der Waals surface area contributed by atoms with Gasteiger partial charge in [-0.05, 0) is 46.6 Å². The number of aliphatic hydroxyl groups is 1. The minimum Gasteiger partial charge on any atom is -0.468 e. The van der Waals surface area contributed by atoms with Crippen molar-refractivity contribution in [3.05, 3.63) is 34.9 Å². The molecule has 1 aromatic rings. The first-order valence-corrected chi connectivity index (χ1v) is 13.7. The second-order valence-corrected chi connectivity index (χ2v) is 10.8. The van der Waals surface area contributed by atoms with Gasteiger partial charge in [0.1, 0.15) is 24.2 Å². The molecule has 220 valence electrons. The van der Waals surface area contributed by atoms with Crippen molar-refractivity contribution >= 4 is 23.9 Å². The van der Waals surface area contributed by atoms with Gasteiger partial charge in [0.2, 0.25) is 11.8 Å². The Balaban J connectivity index is 3.41. The maximum atomic E-state index is 13.8.